The first kappa shape index (κ1) is 37.9. The summed E-state index contributed by atoms with van der Waals surface area (Å²) >= 11 is 0.867. The number of rotatable bonds is 14. The Hall–Kier alpha value is -4.83. The van der Waals surface area contributed by atoms with Gasteiger partial charge in [-0.2, -0.15) is 0 Å². The van der Waals surface area contributed by atoms with Crippen LogP contribution < -0.4 is 24.4 Å². The van der Waals surface area contributed by atoms with Crippen LogP contribution in [0.2, 0.25) is 0 Å². The Kier molecular flexibility index (Phi) is 11.5. The fourth-order valence-electron chi connectivity index (χ4n) is 7.03. The van der Waals surface area contributed by atoms with Crippen molar-refractivity contribution in [3.8, 4) is 11.5 Å². The van der Waals surface area contributed by atoms with E-state index < -0.39 is 27.9 Å². The van der Waals surface area contributed by atoms with E-state index in [1.54, 1.807) is 31.2 Å². The van der Waals surface area contributed by atoms with Gasteiger partial charge in [0, 0.05) is 45.7 Å². The number of benzene rings is 3. The number of carbonyl (C=O) groups excluding carboxylic acids is 3. The lowest BCUT2D eigenvalue weighted by Gasteiger charge is -2.39. The Labute approximate surface area is 314 Å². The summed E-state index contributed by atoms with van der Waals surface area (Å²) in [5, 5.41) is 2.71. The summed E-state index contributed by atoms with van der Waals surface area (Å²) in [4.78, 5) is 50.2. The molecule has 53 heavy (non-hydrogen) atoms. The lowest BCUT2D eigenvalue weighted by atomic mass is 9.99. The molecule has 0 spiro atoms. The predicted molar refractivity (Wildman–Crippen MR) is 203 cm³/mol. The zero-order chi connectivity index (χ0) is 37.9. The highest BCUT2D eigenvalue weighted by Crippen LogP contribution is 2.41. The van der Waals surface area contributed by atoms with Crippen LogP contribution >= 0.6 is 11.3 Å². The Bertz CT molecular complexity index is 2100. The van der Waals surface area contributed by atoms with Crippen LogP contribution in [0.25, 0.3) is 0 Å². The quantitative estimate of drug-likeness (QED) is 0.126. The number of methoxy groups -OCH3 is 2. The van der Waals surface area contributed by atoms with Gasteiger partial charge >= 0.3 is 0 Å². The molecule has 3 aromatic carbocycles. The number of aryl methyl sites for hydroxylation is 1. The van der Waals surface area contributed by atoms with Crippen LogP contribution in [-0.2, 0) is 14.8 Å². The van der Waals surface area contributed by atoms with Crippen molar-refractivity contribution < 1.29 is 32.3 Å². The molecule has 13 nitrogen and oxygen atoms in total. The fraction of sp³-hybridized carbons (Fsp3) is 0.368. The van der Waals surface area contributed by atoms with Crippen molar-refractivity contribution in [2.45, 2.75) is 49.9 Å². The lowest BCUT2D eigenvalue weighted by Crippen LogP contribution is -2.47. The number of nitrogens with one attached hydrogen (secondary N) is 2. The molecular formula is C38H44N6O7S2. The normalized spacial score (nSPS) is 16.0. The van der Waals surface area contributed by atoms with Gasteiger partial charge in [0.25, 0.3) is 21.8 Å². The number of hydrogen-bond acceptors (Lipinski definition) is 11. The molecule has 1 unspecified atom stereocenters. The highest BCUT2D eigenvalue weighted by atomic mass is 32.2. The van der Waals surface area contributed by atoms with Gasteiger partial charge in [-0.05, 0) is 62.1 Å². The highest BCUT2D eigenvalue weighted by molar-refractivity contribution is 7.91. The molecule has 4 aromatic rings. The van der Waals surface area contributed by atoms with Gasteiger partial charge in [0.2, 0.25) is 5.91 Å². The third kappa shape index (κ3) is 7.93. The predicted octanol–water partition coefficient (Wildman–Crippen LogP) is 5.41. The van der Waals surface area contributed by atoms with Gasteiger partial charge in [0.05, 0.1) is 42.8 Å². The maximum absolute atomic E-state index is 14.5. The van der Waals surface area contributed by atoms with Gasteiger partial charge < -0.3 is 19.7 Å². The average molecular weight is 761 g/mol. The number of carbonyl (C=O) groups is 3. The monoisotopic (exact) mass is 760 g/mol. The van der Waals surface area contributed by atoms with Crippen LogP contribution in [0.5, 0.6) is 11.5 Å². The van der Waals surface area contributed by atoms with Gasteiger partial charge in [-0.25, -0.2) is 18.1 Å². The first-order chi connectivity index (χ1) is 25.4. The summed E-state index contributed by atoms with van der Waals surface area (Å²) in [5.41, 5.74) is 3.61. The lowest BCUT2D eigenvalue weighted by molar-refractivity contribution is -0.114. The zero-order valence-electron chi connectivity index (χ0n) is 30.4. The minimum atomic E-state index is -3.95. The number of nitrogens with zero attached hydrogens (tertiary/aromatic N) is 4. The summed E-state index contributed by atoms with van der Waals surface area (Å²) in [5.74, 6) is -0.229. The Morgan fingerprint density at radius 3 is 2.32 bits per heavy atom. The molecule has 0 aliphatic carbocycles. The second-order valence-corrected chi connectivity index (χ2v) is 16.0. The van der Waals surface area contributed by atoms with E-state index in [9.17, 15) is 22.8 Å². The molecular weight excluding hydrogens is 717 g/mol. The molecule has 15 heteroatoms. The maximum atomic E-state index is 14.5. The standard InChI is InChI=1S/C38H44N6O7S2/c1-24-37(52-38(40-24)41-26(3)45)53(48,49)39-18-10-15-30(28-16-17-32(50-4)33(23-28)51-5)44-35(46)29-13-9-14-31(34(29)36(44)47)43-21-19-42(20-22-43)25(2)27-11-7-6-8-12-27/h6-9,11-14,16-17,23,25,30,39H,10,15,18-22H2,1-5H3,(H,40,41,45)/t25?,30-/m1/s1. The average Bonchev–Trinajstić information content (AvgIpc) is 3.66. The second kappa shape index (κ2) is 16.0. The van der Waals surface area contributed by atoms with Gasteiger partial charge in [-0.3, -0.25) is 24.2 Å². The molecule has 0 radical (unpaired) electrons. The van der Waals surface area contributed by atoms with E-state index >= 15 is 0 Å². The van der Waals surface area contributed by atoms with Crippen molar-refractivity contribution in [2.24, 2.45) is 0 Å². The molecule has 2 aliphatic rings. The third-order valence-corrected chi connectivity index (χ3v) is 12.9. The number of anilines is 2. The number of ether oxygens (including phenoxy) is 2. The number of thiazole rings is 1. The van der Waals surface area contributed by atoms with Gasteiger partial charge in [0.1, 0.15) is 0 Å². The van der Waals surface area contributed by atoms with Gasteiger partial charge in [0.15, 0.2) is 20.8 Å². The van der Waals surface area contributed by atoms with E-state index in [-0.39, 0.29) is 46.4 Å². The molecule has 1 aromatic heterocycles. The molecule has 3 amide bonds. The highest BCUT2D eigenvalue weighted by Gasteiger charge is 2.43. The number of amides is 3. The fourth-order valence-corrected chi connectivity index (χ4v) is 9.61. The number of sulfonamides is 1. The SMILES string of the molecule is COc1ccc([C@@H](CCCNS(=O)(=O)c2sc(NC(C)=O)nc2C)N2C(=O)c3cccc(N4CCN(C(C)c5ccccc5)CC4)c3C2=O)cc1OC. The first-order valence-corrected chi connectivity index (χ1v) is 19.7. The topological polar surface area (TPSA) is 150 Å². The van der Waals surface area contributed by atoms with E-state index in [1.807, 2.05) is 30.3 Å². The second-order valence-electron chi connectivity index (χ2n) is 13.0. The molecule has 2 atom stereocenters. The number of imide groups is 1. The largest absolute Gasteiger partial charge is 0.493 e. The zero-order valence-corrected chi connectivity index (χ0v) is 32.1. The Balaban J connectivity index is 1.22. The molecule has 0 bridgehead atoms. The number of hydrogen-bond donors (Lipinski definition) is 2. The molecule has 2 N–H and O–H groups in total. The summed E-state index contributed by atoms with van der Waals surface area (Å²) in [6, 6.07) is 20.6. The van der Waals surface area contributed by atoms with Crippen molar-refractivity contribution in [1.29, 1.82) is 0 Å². The Morgan fingerprint density at radius 1 is 0.925 bits per heavy atom. The molecule has 0 saturated carbocycles. The molecule has 3 heterocycles. The molecule has 6 rings (SSSR count). The summed E-state index contributed by atoms with van der Waals surface area (Å²) in [6.07, 6.45) is 0.546. The summed E-state index contributed by atoms with van der Waals surface area (Å²) in [6.45, 7) is 8.09. The molecule has 280 valence electrons. The van der Waals surface area contributed by atoms with Crippen LogP contribution in [0.3, 0.4) is 0 Å². The van der Waals surface area contributed by atoms with Crippen molar-refractivity contribution in [1.82, 2.24) is 19.5 Å². The minimum Gasteiger partial charge on any atom is -0.493 e. The number of fused-ring (bicyclic) bond motifs is 1. The number of piperazine rings is 1. The van der Waals surface area contributed by atoms with Crippen molar-refractivity contribution in [3.05, 3.63) is 94.7 Å². The van der Waals surface area contributed by atoms with Gasteiger partial charge in [-0.15, -0.1) is 0 Å². The van der Waals surface area contributed by atoms with E-state index in [2.05, 4.69) is 43.9 Å². The van der Waals surface area contributed by atoms with Crippen LogP contribution in [0.1, 0.15) is 76.3 Å². The third-order valence-electron chi connectivity index (χ3n) is 9.74. The molecule has 1 saturated heterocycles. The summed E-state index contributed by atoms with van der Waals surface area (Å²) < 4.78 is 40.1. The molecule has 2 aliphatic heterocycles. The number of aromatic nitrogens is 1. The Morgan fingerprint density at radius 2 is 1.64 bits per heavy atom. The smallest absolute Gasteiger partial charge is 0.264 e. The maximum Gasteiger partial charge on any atom is 0.264 e. The van der Waals surface area contributed by atoms with E-state index in [1.165, 1.54) is 31.6 Å². The van der Waals surface area contributed by atoms with E-state index in [4.69, 9.17) is 9.47 Å². The van der Waals surface area contributed by atoms with Gasteiger partial charge in [-0.1, -0.05) is 53.8 Å². The van der Waals surface area contributed by atoms with Crippen LogP contribution in [0.4, 0.5) is 10.8 Å². The van der Waals surface area contributed by atoms with Crippen molar-refractivity contribution in [2.75, 3.05) is 57.2 Å². The van der Waals surface area contributed by atoms with Crippen molar-refractivity contribution in [3.63, 3.8) is 0 Å². The molecule has 1 fully saturated rings. The van der Waals surface area contributed by atoms with E-state index in [0.29, 0.717) is 41.3 Å². The van der Waals surface area contributed by atoms with E-state index in [0.717, 1.165) is 30.1 Å². The van der Waals surface area contributed by atoms with Crippen LogP contribution in [0.15, 0.2) is 70.9 Å². The minimum absolute atomic E-state index is 0.000856. The van der Waals surface area contributed by atoms with Crippen LogP contribution in [-0.4, -0.2) is 87.9 Å². The van der Waals surface area contributed by atoms with Crippen molar-refractivity contribution >= 4 is 49.9 Å². The van der Waals surface area contributed by atoms with Crippen LogP contribution in [0, 0.1) is 6.92 Å². The first-order valence-electron chi connectivity index (χ1n) is 17.4. The summed E-state index contributed by atoms with van der Waals surface area (Å²) in [7, 11) is -0.915.